The molecule has 21 heavy (non-hydrogen) atoms. The highest BCUT2D eigenvalue weighted by atomic mass is 16.3. The molecule has 0 aromatic heterocycles. The Morgan fingerprint density at radius 1 is 1.24 bits per heavy atom. The summed E-state index contributed by atoms with van der Waals surface area (Å²) in [6, 6.07) is 4.93. The minimum atomic E-state index is -0.0401. The van der Waals surface area contributed by atoms with Crippen molar-refractivity contribution in [2.24, 2.45) is 0 Å². The van der Waals surface area contributed by atoms with Crippen LogP contribution >= 0.6 is 0 Å². The number of likely N-dealkylation sites (N-methyl/N-ethyl adjacent to an activating group) is 1. The second kappa shape index (κ2) is 5.88. The van der Waals surface area contributed by atoms with E-state index in [0.717, 1.165) is 30.8 Å². The molecule has 0 spiro atoms. The van der Waals surface area contributed by atoms with Gasteiger partial charge in [0.25, 0.3) is 0 Å². The number of aryl methyl sites for hydroxylation is 1. The molecule has 1 N–H and O–H groups in total. The Kier molecular flexibility index (Phi) is 4.52. The highest BCUT2D eigenvalue weighted by molar-refractivity contribution is 5.58. The van der Waals surface area contributed by atoms with Crippen molar-refractivity contribution in [2.45, 2.75) is 52.5 Å². The third-order valence-electron chi connectivity index (χ3n) is 4.71. The van der Waals surface area contributed by atoms with Gasteiger partial charge in [0.15, 0.2) is 0 Å². The molecule has 1 saturated heterocycles. The second-order valence-corrected chi connectivity index (χ2v) is 7.40. The van der Waals surface area contributed by atoms with Crippen molar-refractivity contribution in [3.05, 3.63) is 23.3 Å². The number of hydrogen-bond acceptors (Lipinski definition) is 3. The van der Waals surface area contributed by atoms with Crippen LogP contribution in [0.3, 0.4) is 0 Å². The van der Waals surface area contributed by atoms with Gasteiger partial charge in [0.2, 0.25) is 0 Å². The molecule has 118 valence electrons. The number of piperazine rings is 1. The fraction of sp³-hybridized carbons (Fsp3) is 0.667. The van der Waals surface area contributed by atoms with Crippen molar-refractivity contribution in [1.29, 1.82) is 0 Å². The van der Waals surface area contributed by atoms with Crippen LogP contribution in [0.1, 0.15) is 45.2 Å². The predicted octanol–water partition coefficient (Wildman–Crippen LogP) is 3.53. The van der Waals surface area contributed by atoms with Crippen molar-refractivity contribution in [3.63, 3.8) is 0 Å². The van der Waals surface area contributed by atoms with Gasteiger partial charge < -0.3 is 10.0 Å². The van der Waals surface area contributed by atoms with Gasteiger partial charge in [-0.2, -0.15) is 0 Å². The Labute approximate surface area is 129 Å². The number of nitrogens with zero attached hydrogens (tertiary/aromatic N) is 2. The van der Waals surface area contributed by atoms with Gasteiger partial charge in [0.1, 0.15) is 5.75 Å². The van der Waals surface area contributed by atoms with E-state index in [4.69, 9.17) is 0 Å². The van der Waals surface area contributed by atoms with Gasteiger partial charge in [-0.15, -0.1) is 0 Å². The number of anilines is 1. The van der Waals surface area contributed by atoms with E-state index in [1.807, 2.05) is 6.92 Å². The third kappa shape index (κ3) is 3.34. The smallest absolute Gasteiger partial charge is 0.122 e. The summed E-state index contributed by atoms with van der Waals surface area (Å²) >= 11 is 0. The quantitative estimate of drug-likeness (QED) is 0.902. The number of phenols is 1. The summed E-state index contributed by atoms with van der Waals surface area (Å²) < 4.78 is 0. The Morgan fingerprint density at radius 3 is 2.48 bits per heavy atom. The molecule has 1 aromatic rings. The molecule has 0 saturated carbocycles. The topological polar surface area (TPSA) is 26.7 Å². The average molecular weight is 290 g/mol. The highest BCUT2D eigenvalue weighted by Crippen LogP contribution is 2.37. The van der Waals surface area contributed by atoms with Gasteiger partial charge in [-0.1, -0.05) is 27.7 Å². The lowest BCUT2D eigenvalue weighted by molar-refractivity contribution is 0.213. The molecule has 0 amide bonds. The molecule has 0 radical (unpaired) electrons. The number of phenolic OH excluding ortho intramolecular Hbond substituents is 1. The van der Waals surface area contributed by atoms with Gasteiger partial charge in [0, 0.05) is 36.9 Å². The summed E-state index contributed by atoms with van der Waals surface area (Å²) in [7, 11) is 2.22. The number of benzene rings is 1. The van der Waals surface area contributed by atoms with Crippen molar-refractivity contribution in [1.82, 2.24) is 4.90 Å². The molecule has 1 heterocycles. The van der Waals surface area contributed by atoms with Gasteiger partial charge >= 0.3 is 0 Å². The van der Waals surface area contributed by atoms with Gasteiger partial charge in [0.05, 0.1) is 0 Å². The van der Waals surface area contributed by atoms with Crippen LogP contribution in [-0.4, -0.2) is 42.7 Å². The maximum atomic E-state index is 10.4. The fourth-order valence-electron chi connectivity index (χ4n) is 3.14. The maximum Gasteiger partial charge on any atom is 0.122 e. The molecule has 1 atom stereocenters. The molecule has 0 aliphatic carbocycles. The first kappa shape index (κ1) is 16.2. The van der Waals surface area contributed by atoms with Gasteiger partial charge in [-0.05, 0) is 43.5 Å². The number of aromatic hydroxyl groups is 1. The van der Waals surface area contributed by atoms with Crippen LogP contribution in [0.4, 0.5) is 5.69 Å². The molecule has 3 nitrogen and oxygen atoms in total. The van der Waals surface area contributed by atoms with Gasteiger partial charge in [-0.3, -0.25) is 4.90 Å². The zero-order chi connectivity index (χ0) is 15.8. The molecule has 1 aromatic carbocycles. The minimum absolute atomic E-state index is 0.0401. The zero-order valence-corrected chi connectivity index (χ0v) is 14.4. The van der Waals surface area contributed by atoms with Crippen LogP contribution in [-0.2, 0) is 5.41 Å². The Bertz CT molecular complexity index is 505. The minimum Gasteiger partial charge on any atom is -0.507 e. The van der Waals surface area contributed by atoms with Crippen LogP contribution < -0.4 is 4.90 Å². The van der Waals surface area contributed by atoms with Gasteiger partial charge in [-0.25, -0.2) is 0 Å². The zero-order valence-electron chi connectivity index (χ0n) is 14.4. The van der Waals surface area contributed by atoms with Crippen LogP contribution in [0.5, 0.6) is 5.75 Å². The first-order valence-electron chi connectivity index (χ1n) is 8.03. The maximum absolute atomic E-state index is 10.4. The van der Waals surface area contributed by atoms with E-state index < -0.39 is 0 Å². The molecule has 3 heteroatoms. The summed E-state index contributed by atoms with van der Waals surface area (Å²) in [5, 5.41) is 10.4. The van der Waals surface area contributed by atoms with E-state index in [9.17, 15) is 5.11 Å². The summed E-state index contributed by atoms with van der Waals surface area (Å²) in [6.07, 6.45) is 1.18. The third-order valence-corrected chi connectivity index (χ3v) is 4.71. The molecule has 2 rings (SSSR count). The van der Waals surface area contributed by atoms with Crippen molar-refractivity contribution >= 4 is 5.69 Å². The van der Waals surface area contributed by atoms with E-state index in [-0.39, 0.29) is 5.41 Å². The van der Waals surface area contributed by atoms with Crippen molar-refractivity contribution in [2.75, 3.05) is 31.6 Å². The van der Waals surface area contributed by atoms with E-state index in [0.29, 0.717) is 11.8 Å². The standard InChI is InChI=1S/C18H30N2O/c1-7-14-12-20(9-8-19(14)6)15-10-13(2)17(21)16(11-15)18(3,4)5/h10-11,14,21H,7-9,12H2,1-6H3. The molecule has 1 aliphatic heterocycles. The van der Waals surface area contributed by atoms with Crippen molar-refractivity contribution < 1.29 is 5.11 Å². The second-order valence-electron chi connectivity index (χ2n) is 7.40. The van der Waals surface area contributed by atoms with E-state index in [2.05, 4.69) is 56.7 Å². The number of rotatable bonds is 2. The Balaban J connectivity index is 2.34. The summed E-state index contributed by atoms with van der Waals surface area (Å²) in [4.78, 5) is 4.92. The van der Waals surface area contributed by atoms with Crippen LogP contribution in [0.15, 0.2) is 12.1 Å². The summed E-state index contributed by atoms with van der Waals surface area (Å²) in [5.41, 5.74) is 3.23. The lowest BCUT2D eigenvalue weighted by Crippen LogP contribution is -2.51. The first-order chi connectivity index (χ1) is 9.74. The SMILES string of the molecule is CCC1CN(c2cc(C)c(O)c(C(C)(C)C)c2)CCN1C. The number of hydrogen-bond donors (Lipinski definition) is 1. The van der Waals surface area contributed by atoms with Crippen LogP contribution in [0.25, 0.3) is 0 Å². The van der Waals surface area contributed by atoms with E-state index in [1.54, 1.807) is 0 Å². The normalized spacial score (nSPS) is 20.9. The summed E-state index contributed by atoms with van der Waals surface area (Å²) in [5.74, 6) is 0.451. The lowest BCUT2D eigenvalue weighted by Gasteiger charge is -2.41. The highest BCUT2D eigenvalue weighted by Gasteiger charge is 2.26. The fourth-order valence-corrected chi connectivity index (χ4v) is 3.14. The molecule has 1 fully saturated rings. The molecule has 1 aliphatic rings. The van der Waals surface area contributed by atoms with Crippen LogP contribution in [0, 0.1) is 6.92 Å². The molecular weight excluding hydrogens is 260 g/mol. The molecule has 0 bridgehead atoms. The van der Waals surface area contributed by atoms with E-state index >= 15 is 0 Å². The lowest BCUT2D eigenvalue weighted by atomic mass is 9.84. The molecular formula is C18H30N2O. The Hall–Kier alpha value is -1.22. The van der Waals surface area contributed by atoms with Crippen LogP contribution in [0.2, 0.25) is 0 Å². The predicted molar refractivity (Wildman–Crippen MR) is 90.5 cm³/mol. The van der Waals surface area contributed by atoms with E-state index in [1.165, 1.54) is 12.1 Å². The summed E-state index contributed by atoms with van der Waals surface area (Å²) in [6.45, 7) is 14.0. The molecule has 1 unspecified atom stereocenters. The Morgan fingerprint density at radius 2 is 1.90 bits per heavy atom. The first-order valence-corrected chi connectivity index (χ1v) is 8.03. The van der Waals surface area contributed by atoms with Crippen molar-refractivity contribution in [3.8, 4) is 5.75 Å². The average Bonchev–Trinajstić information content (AvgIpc) is 2.41. The largest absolute Gasteiger partial charge is 0.507 e. The monoisotopic (exact) mass is 290 g/mol.